The van der Waals surface area contributed by atoms with Crippen molar-refractivity contribution in [3.05, 3.63) is 14.7 Å². The third-order valence-electron chi connectivity index (χ3n) is 2.27. The van der Waals surface area contributed by atoms with Crippen molar-refractivity contribution >= 4 is 37.3 Å². The third kappa shape index (κ3) is 4.60. The van der Waals surface area contributed by atoms with Crippen LogP contribution in [0.2, 0.25) is 0 Å². The minimum Gasteiger partial charge on any atom is -0.326 e. The summed E-state index contributed by atoms with van der Waals surface area (Å²) < 4.78 is 27.3. The zero-order chi connectivity index (χ0) is 13.8. The fourth-order valence-corrected chi connectivity index (χ4v) is 4.99. The number of rotatable bonds is 7. The summed E-state index contributed by atoms with van der Waals surface area (Å²) in [5, 5.41) is 0. The van der Waals surface area contributed by atoms with Crippen LogP contribution in [-0.2, 0) is 16.6 Å². The Morgan fingerprint density at radius 2 is 2.17 bits per heavy atom. The number of nitrogens with zero attached hydrogens (tertiary/aromatic N) is 1. The number of hydrogen-bond acceptors (Lipinski definition) is 5. The van der Waals surface area contributed by atoms with E-state index in [9.17, 15) is 8.42 Å². The Balaban J connectivity index is 2.65. The number of sulfonamides is 1. The lowest BCUT2D eigenvalue weighted by molar-refractivity contribution is 0.400. The molecule has 0 amide bonds. The van der Waals surface area contributed by atoms with Crippen molar-refractivity contribution in [2.45, 2.75) is 17.9 Å². The van der Waals surface area contributed by atoms with Gasteiger partial charge in [-0.1, -0.05) is 0 Å². The van der Waals surface area contributed by atoms with Crippen molar-refractivity contribution in [3.8, 4) is 0 Å². The van der Waals surface area contributed by atoms with Gasteiger partial charge in [0.25, 0.3) is 0 Å². The van der Waals surface area contributed by atoms with Gasteiger partial charge in [-0.3, -0.25) is 0 Å². The van der Waals surface area contributed by atoms with Gasteiger partial charge in [-0.2, -0.15) is 0 Å². The first-order valence-corrected chi connectivity index (χ1v) is 8.58. The molecule has 0 aliphatic rings. The molecule has 0 fully saturated rings. The molecule has 0 unspecified atom stereocenters. The van der Waals surface area contributed by atoms with E-state index >= 15 is 0 Å². The maximum Gasteiger partial charge on any atom is 0.242 e. The van der Waals surface area contributed by atoms with E-state index in [0.717, 1.165) is 17.8 Å². The minimum absolute atomic E-state index is 0.276. The van der Waals surface area contributed by atoms with Gasteiger partial charge in [0.05, 0.1) is 3.79 Å². The van der Waals surface area contributed by atoms with E-state index in [0.29, 0.717) is 16.9 Å². The van der Waals surface area contributed by atoms with Crippen LogP contribution in [0.15, 0.2) is 14.7 Å². The first-order valence-electron chi connectivity index (χ1n) is 5.49. The van der Waals surface area contributed by atoms with Crippen molar-refractivity contribution in [1.82, 2.24) is 9.62 Å². The van der Waals surface area contributed by atoms with E-state index in [1.54, 1.807) is 6.07 Å². The first-order chi connectivity index (χ1) is 8.36. The van der Waals surface area contributed by atoms with Crippen LogP contribution in [0.4, 0.5) is 0 Å². The molecule has 1 aromatic heterocycles. The molecule has 0 bridgehead atoms. The number of nitrogens with two attached hydrogens (primary N) is 1. The van der Waals surface area contributed by atoms with Crippen LogP contribution in [0.25, 0.3) is 0 Å². The van der Waals surface area contributed by atoms with E-state index in [2.05, 4.69) is 20.7 Å². The Kier molecular flexibility index (Phi) is 6.22. The van der Waals surface area contributed by atoms with Gasteiger partial charge in [0, 0.05) is 18.0 Å². The van der Waals surface area contributed by atoms with Gasteiger partial charge < -0.3 is 10.6 Å². The standard InChI is InChI=1S/C10H18BrN3O2S2/c1-14(2)5-3-4-13-18(15,16)9-6-8(7-12)17-10(9)11/h6,13H,3-5,7,12H2,1-2H3. The highest BCUT2D eigenvalue weighted by molar-refractivity contribution is 9.11. The van der Waals surface area contributed by atoms with Gasteiger partial charge >= 0.3 is 0 Å². The molecule has 0 saturated carbocycles. The quantitative estimate of drug-likeness (QED) is 0.720. The zero-order valence-corrected chi connectivity index (χ0v) is 13.7. The summed E-state index contributed by atoms with van der Waals surface area (Å²) in [6, 6.07) is 1.61. The molecule has 8 heteroatoms. The maximum atomic E-state index is 12.0. The van der Waals surface area contributed by atoms with Crippen LogP contribution >= 0.6 is 27.3 Å². The molecule has 5 nitrogen and oxygen atoms in total. The fourth-order valence-electron chi connectivity index (χ4n) is 1.36. The van der Waals surface area contributed by atoms with E-state index in [1.807, 2.05) is 19.0 Å². The average Bonchev–Trinajstić information content (AvgIpc) is 2.66. The number of hydrogen-bond donors (Lipinski definition) is 2. The molecule has 0 saturated heterocycles. The van der Waals surface area contributed by atoms with E-state index in [1.165, 1.54) is 11.3 Å². The topological polar surface area (TPSA) is 75.4 Å². The van der Waals surface area contributed by atoms with E-state index < -0.39 is 10.0 Å². The second kappa shape index (κ2) is 6.97. The Morgan fingerprint density at radius 3 is 2.67 bits per heavy atom. The Bertz CT molecular complexity index is 485. The van der Waals surface area contributed by atoms with Gasteiger partial charge in [0.2, 0.25) is 10.0 Å². The summed E-state index contributed by atoms with van der Waals surface area (Å²) in [7, 11) is 0.473. The van der Waals surface area contributed by atoms with Crippen molar-refractivity contribution in [2.75, 3.05) is 27.2 Å². The highest BCUT2D eigenvalue weighted by Gasteiger charge is 2.19. The van der Waals surface area contributed by atoms with Crippen molar-refractivity contribution in [3.63, 3.8) is 0 Å². The van der Waals surface area contributed by atoms with Gasteiger partial charge in [0.15, 0.2) is 0 Å². The molecule has 104 valence electrons. The van der Waals surface area contributed by atoms with E-state index in [-0.39, 0.29) is 4.90 Å². The van der Waals surface area contributed by atoms with Gasteiger partial charge in [-0.15, -0.1) is 11.3 Å². The molecule has 18 heavy (non-hydrogen) atoms. The summed E-state index contributed by atoms with van der Waals surface area (Å²) in [5.41, 5.74) is 5.50. The number of nitrogens with one attached hydrogen (secondary N) is 1. The Labute approximate surface area is 121 Å². The lowest BCUT2D eigenvalue weighted by Crippen LogP contribution is -2.27. The smallest absolute Gasteiger partial charge is 0.242 e. The normalized spacial score (nSPS) is 12.3. The lowest BCUT2D eigenvalue weighted by Gasteiger charge is -2.09. The highest BCUT2D eigenvalue weighted by Crippen LogP contribution is 2.31. The van der Waals surface area contributed by atoms with Crippen LogP contribution in [0, 0.1) is 0 Å². The minimum atomic E-state index is -3.44. The molecule has 0 radical (unpaired) electrons. The molecular weight excluding hydrogens is 338 g/mol. The SMILES string of the molecule is CN(C)CCCNS(=O)(=O)c1cc(CN)sc1Br. The molecule has 1 aromatic rings. The molecular formula is C10H18BrN3O2S2. The molecule has 0 atom stereocenters. The van der Waals surface area contributed by atoms with Crippen molar-refractivity contribution in [1.29, 1.82) is 0 Å². The van der Waals surface area contributed by atoms with Crippen molar-refractivity contribution < 1.29 is 8.42 Å². The average molecular weight is 356 g/mol. The van der Waals surface area contributed by atoms with Crippen LogP contribution in [-0.4, -0.2) is 40.5 Å². The van der Waals surface area contributed by atoms with Crippen molar-refractivity contribution in [2.24, 2.45) is 5.73 Å². The molecule has 1 heterocycles. The summed E-state index contributed by atoms with van der Waals surface area (Å²) in [6.45, 7) is 1.63. The molecule has 1 rings (SSSR count). The lowest BCUT2D eigenvalue weighted by atomic mass is 10.4. The largest absolute Gasteiger partial charge is 0.326 e. The predicted molar refractivity (Wildman–Crippen MR) is 78.3 cm³/mol. The van der Waals surface area contributed by atoms with Gasteiger partial charge in [0.1, 0.15) is 4.90 Å². The van der Waals surface area contributed by atoms with Crippen LogP contribution in [0.3, 0.4) is 0 Å². The van der Waals surface area contributed by atoms with Crippen LogP contribution in [0.5, 0.6) is 0 Å². The third-order valence-corrected chi connectivity index (χ3v) is 6.01. The van der Waals surface area contributed by atoms with Crippen LogP contribution in [0.1, 0.15) is 11.3 Å². The maximum absolute atomic E-state index is 12.0. The Hall–Kier alpha value is 0.01000. The summed E-state index contributed by atoms with van der Waals surface area (Å²) in [5.74, 6) is 0. The number of thiophene rings is 1. The second-order valence-corrected chi connectivity index (χ2v) is 8.30. The van der Waals surface area contributed by atoms with Gasteiger partial charge in [-0.05, 0) is 49.1 Å². The predicted octanol–water partition coefficient (Wildman–Crippen LogP) is 1.20. The summed E-state index contributed by atoms with van der Waals surface area (Å²) in [4.78, 5) is 3.13. The van der Waals surface area contributed by atoms with Crippen LogP contribution < -0.4 is 10.5 Å². The molecule has 0 spiro atoms. The molecule has 0 aromatic carbocycles. The molecule has 3 N–H and O–H groups in total. The second-order valence-electron chi connectivity index (χ2n) is 4.11. The zero-order valence-electron chi connectivity index (χ0n) is 10.4. The first kappa shape index (κ1) is 16.1. The fraction of sp³-hybridized carbons (Fsp3) is 0.600. The number of halogens is 1. The Morgan fingerprint density at radius 1 is 1.50 bits per heavy atom. The van der Waals surface area contributed by atoms with E-state index in [4.69, 9.17) is 5.73 Å². The van der Waals surface area contributed by atoms with Gasteiger partial charge in [-0.25, -0.2) is 13.1 Å². The highest BCUT2D eigenvalue weighted by atomic mass is 79.9. The molecule has 0 aliphatic heterocycles. The summed E-state index contributed by atoms with van der Waals surface area (Å²) in [6.07, 6.45) is 0.776. The summed E-state index contributed by atoms with van der Waals surface area (Å²) >= 11 is 4.61. The monoisotopic (exact) mass is 355 g/mol. The molecule has 0 aliphatic carbocycles.